The highest BCUT2D eigenvalue weighted by atomic mass is 32.2. The van der Waals surface area contributed by atoms with Crippen molar-refractivity contribution >= 4 is 43.2 Å². The van der Waals surface area contributed by atoms with Gasteiger partial charge in [-0.05, 0) is 49.4 Å². The minimum Gasteiger partial charge on any atom is -0.346 e. The van der Waals surface area contributed by atoms with Crippen LogP contribution in [-0.4, -0.2) is 26.4 Å². The monoisotopic (exact) mass is 451 g/mol. The predicted octanol–water partition coefficient (Wildman–Crippen LogP) is 4.36. The second kappa shape index (κ2) is 8.49. The highest BCUT2D eigenvalue weighted by Gasteiger charge is 2.22. The predicted molar refractivity (Wildman–Crippen MR) is 124 cm³/mol. The van der Waals surface area contributed by atoms with E-state index in [1.54, 1.807) is 24.3 Å². The maximum atomic E-state index is 13.1. The first-order chi connectivity index (χ1) is 14.8. The number of carbonyl (C=O) groups is 1. The molecule has 0 saturated heterocycles. The normalized spacial score (nSPS) is 11.4. The van der Waals surface area contributed by atoms with Gasteiger partial charge in [0.25, 0.3) is 15.9 Å². The lowest BCUT2D eigenvalue weighted by Crippen LogP contribution is -2.27. The van der Waals surface area contributed by atoms with Gasteiger partial charge in [-0.15, -0.1) is 11.3 Å². The molecule has 1 N–H and O–H groups in total. The van der Waals surface area contributed by atoms with Crippen molar-refractivity contribution in [3.05, 3.63) is 88.9 Å². The van der Waals surface area contributed by atoms with Crippen LogP contribution < -0.4 is 9.62 Å². The summed E-state index contributed by atoms with van der Waals surface area (Å²) in [7, 11) is -2.30. The van der Waals surface area contributed by atoms with Crippen LogP contribution in [0, 0.1) is 6.92 Å². The molecule has 0 unspecified atom stereocenters. The Kier molecular flexibility index (Phi) is 5.75. The van der Waals surface area contributed by atoms with Crippen molar-refractivity contribution in [2.24, 2.45) is 0 Å². The van der Waals surface area contributed by atoms with Gasteiger partial charge in [-0.1, -0.05) is 35.9 Å². The van der Waals surface area contributed by atoms with E-state index in [1.165, 1.54) is 34.8 Å². The zero-order valence-electron chi connectivity index (χ0n) is 17.1. The minimum absolute atomic E-state index is 0.0585. The quantitative estimate of drug-likeness (QED) is 0.472. The molecule has 3 aromatic carbocycles. The number of carbonyl (C=O) groups excluding carboxylic acids is 1. The number of rotatable bonds is 6. The number of aryl methyl sites for hydroxylation is 1. The van der Waals surface area contributed by atoms with Crippen molar-refractivity contribution in [1.82, 2.24) is 10.3 Å². The average molecular weight is 452 g/mol. The fourth-order valence-electron chi connectivity index (χ4n) is 3.10. The molecule has 31 heavy (non-hydrogen) atoms. The smallest absolute Gasteiger partial charge is 0.264 e. The molecule has 8 heteroatoms. The number of sulfonamides is 1. The van der Waals surface area contributed by atoms with Gasteiger partial charge in [-0.25, -0.2) is 13.4 Å². The summed E-state index contributed by atoms with van der Waals surface area (Å²) in [6.07, 6.45) is 0. The highest BCUT2D eigenvalue weighted by Crippen LogP contribution is 2.24. The molecular weight excluding hydrogens is 430 g/mol. The number of hydrogen-bond donors (Lipinski definition) is 1. The van der Waals surface area contributed by atoms with E-state index >= 15 is 0 Å². The average Bonchev–Trinajstić information content (AvgIpc) is 3.20. The van der Waals surface area contributed by atoms with Gasteiger partial charge in [0.05, 0.1) is 27.3 Å². The van der Waals surface area contributed by atoms with Gasteiger partial charge >= 0.3 is 0 Å². The number of amides is 1. The Bertz CT molecular complexity index is 1310. The summed E-state index contributed by atoms with van der Waals surface area (Å²) in [6.45, 7) is 2.22. The fourth-order valence-corrected chi connectivity index (χ4v) is 5.25. The number of para-hydroxylation sites is 1. The van der Waals surface area contributed by atoms with E-state index in [1.807, 2.05) is 43.3 Å². The minimum atomic E-state index is -3.80. The molecule has 4 rings (SSSR count). The number of hydrogen-bond acceptors (Lipinski definition) is 5. The summed E-state index contributed by atoms with van der Waals surface area (Å²) >= 11 is 1.52. The maximum absolute atomic E-state index is 13.1. The molecule has 1 heterocycles. The lowest BCUT2D eigenvalue weighted by Gasteiger charge is -2.20. The second-order valence-corrected chi connectivity index (χ2v) is 10.2. The van der Waals surface area contributed by atoms with E-state index in [4.69, 9.17) is 0 Å². The molecule has 0 fully saturated rings. The van der Waals surface area contributed by atoms with Gasteiger partial charge < -0.3 is 5.32 Å². The number of thiazole rings is 1. The molecule has 158 valence electrons. The Morgan fingerprint density at radius 2 is 1.77 bits per heavy atom. The third kappa shape index (κ3) is 4.45. The highest BCUT2D eigenvalue weighted by molar-refractivity contribution is 7.92. The summed E-state index contributed by atoms with van der Waals surface area (Å²) in [6, 6.07) is 21.0. The molecule has 1 aromatic heterocycles. The molecule has 6 nitrogen and oxygen atoms in total. The molecule has 0 bridgehead atoms. The molecule has 0 radical (unpaired) electrons. The van der Waals surface area contributed by atoms with Crippen molar-refractivity contribution in [1.29, 1.82) is 0 Å². The first kappa shape index (κ1) is 21.0. The van der Waals surface area contributed by atoms with E-state index in [9.17, 15) is 13.2 Å². The van der Waals surface area contributed by atoms with Crippen LogP contribution in [0.5, 0.6) is 0 Å². The number of fused-ring (bicyclic) bond motifs is 1. The molecule has 0 aliphatic rings. The molecular formula is C23H21N3O3S2. The van der Waals surface area contributed by atoms with E-state index in [-0.39, 0.29) is 22.9 Å². The lowest BCUT2D eigenvalue weighted by atomic mass is 10.2. The van der Waals surface area contributed by atoms with E-state index in [0.29, 0.717) is 5.69 Å². The topological polar surface area (TPSA) is 79.4 Å². The van der Waals surface area contributed by atoms with Crippen LogP contribution in [0.3, 0.4) is 0 Å². The summed E-state index contributed by atoms with van der Waals surface area (Å²) in [4.78, 5) is 17.2. The molecule has 1 amide bonds. The zero-order chi connectivity index (χ0) is 22.0. The molecule has 0 aliphatic heterocycles. The van der Waals surface area contributed by atoms with Crippen LogP contribution in [0.25, 0.3) is 10.2 Å². The SMILES string of the molecule is Cc1ccc(N(C)S(=O)(=O)c2cccc(C(=O)NCc3nc4ccccc4s3)c2)cc1. The van der Waals surface area contributed by atoms with Gasteiger partial charge in [0.15, 0.2) is 0 Å². The van der Waals surface area contributed by atoms with E-state index < -0.39 is 10.0 Å². The maximum Gasteiger partial charge on any atom is 0.264 e. The first-order valence-electron chi connectivity index (χ1n) is 9.63. The summed E-state index contributed by atoms with van der Waals surface area (Å²) in [5.74, 6) is -0.353. The zero-order valence-corrected chi connectivity index (χ0v) is 18.7. The van der Waals surface area contributed by atoms with Crippen molar-refractivity contribution in [2.45, 2.75) is 18.4 Å². The Labute approximate surface area is 185 Å². The van der Waals surface area contributed by atoms with Gasteiger partial charge in [0.2, 0.25) is 0 Å². The summed E-state index contributed by atoms with van der Waals surface area (Å²) in [5, 5.41) is 3.61. The molecule has 0 aliphatic carbocycles. The molecule has 0 saturated carbocycles. The third-order valence-electron chi connectivity index (χ3n) is 4.89. The van der Waals surface area contributed by atoms with Crippen molar-refractivity contribution in [3.63, 3.8) is 0 Å². The van der Waals surface area contributed by atoms with Gasteiger partial charge in [0, 0.05) is 12.6 Å². The Morgan fingerprint density at radius 3 is 2.52 bits per heavy atom. The van der Waals surface area contributed by atoms with Crippen LogP contribution in [0.4, 0.5) is 5.69 Å². The van der Waals surface area contributed by atoms with Gasteiger partial charge in [-0.3, -0.25) is 9.10 Å². The van der Waals surface area contributed by atoms with Crippen LogP contribution in [0.1, 0.15) is 20.9 Å². The molecule has 0 atom stereocenters. The largest absolute Gasteiger partial charge is 0.346 e. The number of aromatic nitrogens is 1. The van der Waals surface area contributed by atoms with Crippen LogP contribution in [0.2, 0.25) is 0 Å². The van der Waals surface area contributed by atoms with E-state index in [0.717, 1.165) is 20.8 Å². The number of anilines is 1. The third-order valence-corrected chi connectivity index (χ3v) is 7.71. The van der Waals surface area contributed by atoms with Crippen LogP contribution in [-0.2, 0) is 16.6 Å². The van der Waals surface area contributed by atoms with E-state index in [2.05, 4.69) is 10.3 Å². The Morgan fingerprint density at radius 1 is 1.03 bits per heavy atom. The number of benzene rings is 3. The summed E-state index contributed by atoms with van der Waals surface area (Å²) < 4.78 is 28.4. The molecule has 0 spiro atoms. The van der Waals surface area contributed by atoms with Crippen LogP contribution in [0.15, 0.2) is 77.7 Å². The standard InChI is InChI=1S/C23H21N3O3S2/c1-16-10-12-18(13-11-16)26(2)31(28,29)19-7-5-6-17(14-19)23(27)24-15-22-25-20-8-3-4-9-21(20)30-22/h3-14H,15H2,1-2H3,(H,24,27). The lowest BCUT2D eigenvalue weighted by molar-refractivity contribution is 0.0950. The van der Waals surface area contributed by atoms with Crippen molar-refractivity contribution in [3.8, 4) is 0 Å². The second-order valence-electron chi connectivity index (χ2n) is 7.09. The first-order valence-corrected chi connectivity index (χ1v) is 11.9. The van der Waals surface area contributed by atoms with Crippen molar-refractivity contribution in [2.75, 3.05) is 11.4 Å². The fraction of sp³-hybridized carbons (Fsp3) is 0.130. The summed E-state index contributed by atoms with van der Waals surface area (Å²) in [5.41, 5.74) is 2.76. The number of nitrogens with one attached hydrogen (secondary N) is 1. The van der Waals surface area contributed by atoms with Gasteiger partial charge in [0.1, 0.15) is 5.01 Å². The van der Waals surface area contributed by atoms with Crippen molar-refractivity contribution < 1.29 is 13.2 Å². The molecule has 4 aromatic rings. The number of nitrogens with zero attached hydrogens (tertiary/aromatic N) is 2. The Hall–Kier alpha value is -3.23. The Balaban J connectivity index is 1.51. The van der Waals surface area contributed by atoms with Crippen LogP contribution >= 0.6 is 11.3 Å². The van der Waals surface area contributed by atoms with Gasteiger partial charge in [-0.2, -0.15) is 0 Å².